The van der Waals surface area contributed by atoms with E-state index in [1.54, 1.807) is 0 Å². The van der Waals surface area contributed by atoms with Crippen molar-refractivity contribution in [3.63, 3.8) is 0 Å². The summed E-state index contributed by atoms with van der Waals surface area (Å²) < 4.78 is 0. The van der Waals surface area contributed by atoms with E-state index in [9.17, 15) is 4.79 Å². The highest BCUT2D eigenvalue weighted by Gasteiger charge is 2.27. The Balaban J connectivity index is 1.56. The lowest BCUT2D eigenvalue weighted by molar-refractivity contribution is 0.0950. The molecule has 1 aromatic carbocycles. The number of anilines is 1. The lowest BCUT2D eigenvalue weighted by Crippen LogP contribution is -2.28. The molecule has 1 amide bonds. The highest BCUT2D eigenvalue weighted by atomic mass is 16.1. The number of para-hydroxylation sites is 1. The number of amides is 1. The zero-order valence-corrected chi connectivity index (χ0v) is 19.5. The minimum Gasteiger partial charge on any atom is -0.362 e. The van der Waals surface area contributed by atoms with Crippen molar-refractivity contribution in [3.8, 4) is 0 Å². The summed E-state index contributed by atoms with van der Waals surface area (Å²) >= 11 is 0. The third kappa shape index (κ3) is 4.91. The van der Waals surface area contributed by atoms with E-state index in [0.29, 0.717) is 18.4 Å². The number of hydrogen-bond donors (Lipinski definition) is 1. The highest BCUT2D eigenvalue weighted by Crippen LogP contribution is 2.31. The highest BCUT2D eigenvalue weighted by molar-refractivity contribution is 6.06. The van der Waals surface area contributed by atoms with E-state index in [-0.39, 0.29) is 5.91 Å². The summed E-state index contributed by atoms with van der Waals surface area (Å²) in [5.41, 5.74) is 3.87. The molecule has 1 atom stereocenters. The number of nitrogens with zero attached hydrogens (tertiary/aromatic N) is 4. The minimum absolute atomic E-state index is 0.0145. The van der Waals surface area contributed by atoms with Crippen molar-refractivity contribution >= 4 is 22.6 Å². The maximum atomic E-state index is 13.0. The first-order chi connectivity index (χ1) is 15.4. The monoisotopic (exact) mass is 431 g/mol. The van der Waals surface area contributed by atoms with E-state index in [1.165, 1.54) is 5.56 Å². The third-order valence-electron chi connectivity index (χ3n) is 6.03. The standard InChI is InChI=1S/C26H33N5O/c1-18(2)15-28-26(32)22-14-24(29-23-10-6-5-9-21(22)23)19-11-13-31(16-19)17-20-8-7-12-27-25(20)30(3)4/h5-10,12,14,18-19H,11,13,15-17H2,1-4H3,(H,28,32)/t19-/m0/s1. The summed E-state index contributed by atoms with van der Waals surface area (Å²) in [4.78, 5) is 27.0. The fourth-order valence-electron chi connectivity index (χ4n) is 4.40. The van der Waals surface area contributed by atoms with Crippen molar-refractivity contribution in [3.05, 3.63) is 65.5 Å². The summed E-state index contributed by atoms with van der Waals surface area (Å²) in [5, 5.41) is 3.99. The zero-order chi connectivity index (χ0) is 22.7. The van der Waals surface area contributed by atoms with Crippen molar-refractivity contribution in [1.82, 2.24) is 20.2 Å². The first-order valence-corrected chi connectivity index (χ1v) is 11.4. The lowest BCUT2D eigenvalue weighted by Gasteiger charge is -2.21. The van der Waals surface area contributed by atoms with Gasteiger partial charge in [-0.05, 0) is 37.1 Å². The molecule has 3 heterocycles. The normalized spacial score (nSPS) is 16.6. The number of aromatic nitrogens is 2. The molecule has 0 saturated carbocycles. The molecule has 32 heavy (non-hydrogen) atoms. The van der Waals surface area contributed by atoms with Gasteiger partial charge in [-0.3, -0.25) is 14.7 Å². The number of likely N-dealkylation sites (tertiary alicyclic amines) is 1. The molecule has 1 saturated heterocycles. The molecule has 0 aliphatic carbocycles. The van der Waals surface area contributed by atoms with Crippen molar-refractivity contribution in [2.45, 2.75) is 32.7 Å². The number of carbonyl (C=O) groups is 1. The van der Waals surface area contributed by atoms with Crippen LogP contribution in [0.25, 0.3) is 10.9 Å². The van der Waals surface area contributed by atoms with E-state index in [2.05, 4.69) is 40.0 Å². The molecule has 0 spiro atoms. The summed E-state index contributed by atoms with van der Waals surface area (Å²) in [7, 11) is 4.06. The number of hydrogen-bond acceptors (Lipinski definition) is 5. The second-order valence-corrected chi connectivity index (χ2v) is 9.32. The number of pyridine rings is 2. The van der Waals surface area contributed by atoms with Gasteiger partial charge in [-0.25, -0.2) is 4.98 Å². The Hall–Kier alpha value is -2.99. The lowest BCUT2D eigenvalue weighted by atomic mass is 9.99. The van der Waals surface area contributed by atoms with Crippen LogP contribution >= 0.6 is 0 Å². The molecule has 1 aliphatic rings. The predicted octanol–water partition coefficient (Wildman–Crippen LogP) is 4.07. The van der Waals surface area contributed by atoms with Crippen LogP contribution in [0.2, 0.25) is 0 Å². The SMILES string of the molecule is CC(C)CNC(=O)c1cc([C@H]2CCN(Cc3cccnc3N(C)C)C2)nc2ccccc12. The van der Waals surface area contributed by atoms with E-state index >= 15 is 0 Å². The number of rotatable bonds is 7. The summed E-state index contributed by atoms with van der Waals surface area (Å²) in [6.07, 6.45) is 2.88. The van der Waals surface area contributed by atoms with Gasteiger partial charge in [-0.15, -0.1) is 0 Å². The topological polar surface area (TPSA) is 61.4 Å². The molecule has 168 valence electrons. The Morgan fingerprint density at radius 1 is 1.22 bits per heavy atom. The largest absolute Gasteiger partial charge is 0.362 e. The van der Waals surface area contributed by atoms with Gasteiger partial charge in [0.2, 0.25) is 0 Å². The molecule has 1 N–H and O–H groups in total. The Kier molecular flexibility index (Phi) is 6.70. The first kappa shape index (κ1) is 22.2. The van der Waals surface area contributed by atoms with Crippen molar-refractivity contribution in [2.24, 2.45) is 5.92 Å². The molecule has 0 bridgehead atoms. The second-order valence-electron chi connectivity index (χ2n) is 9.32. The first-order valence-electron chi connectivity index (χ1n) is 11.4. The van der Waals surface area contributed by atoms with Crippen LogP contribution < -0.4 is 10.2 Å². The number of nitrogens with one attached hydrogen (secondary N) is 1. The predicted molar refractivity (Wildman–Crippen MR) is 130 cm³/mol. The van der Waals surface area contributed by atoms with E-state index in [1.807, 2.05) is 56.7 Å². The molecule has 1 aliphatic heterocycles. The molecule has 4 rings (SSSR count). The molecular weight excluding hydrogens is 398 g/mol. The van der Waals surface area contributed by atoms with Gasteiger partial charge in [0.25, 0.3) is 5.91 Å². The van der Waals surface area contributed by atoms with Gasteiger partial charge in [0.05, 0.1) is 11.1 Å². The fourth-order valence-corrected chi connectivity index (χ4v) is 4.40. The van der Waals surface area contributed by atoms with Crippen LogP contribution in [0.1, 0.15) is 47.8 Å². The van der Waals surface area contributed by atoms with Gasteiger partial charge in [-0.2, -0.15) is 0 Å². The quantitative estimate of drug-likeness (QED) is 0.611. The van der Waals surface area contributed by atoms with Crippen LogP contribution in [0, 0.1) is 5.92 Å². The van der Waals surface area contributed by atoms with Gasteiger partial charge < -0.3 is 10.2 Å². The van der Waals surface area contributed by atoms with Crippen LogP contribution in [-0.4, -0.2) is 54.5 Å². The summed E-state index contributed by atoms with van der Waals surface area (Å²) in [6, 6.07) is 14.1. The molecule has 6 nitrogen and oxygen atoms in total. The van der Waals surface area contributed by atoms with E-state index in [0.717, 1.165) is 54.0 Å². The molecule has 0 radical (unpaired) electrons. The smallest absolute Gasteiger partial charge is 0.252 e. The molecule has 6 heteroatoms. The third-order valence-corrected chi connectivity index (χ3v) is 6.03. The molecule has 3 aromatic rings. The van der Waals surface area contributed by atoms with Gasteiger partial charge in [0.15, 0.2) is 0 Å². The van der Waals surface area contributed by atoms with Crippen molar-refractivity contribution < 1.29 is 4.79 Å². The summed E-state index contributed by atoms with van der Waals surface area (Å²) in [5.74, 6) is 1.73. The maximum Gasteiger partial charge on any atom is 0.252 e. The number of benzene rings is 1. The second kappa shape index (κ2) is 9.65. The summed E-state index contributed by atoms with van der Waals surface area (Å²) in [6.45, 7) is 7.69. The molecule has 1 fully saturated rings. The van der Waals surface area contributed by atoms with E-state index < -0.39 is 0 Å². The van der Waals surface area contributed by atoms with Crippen LogP contribution in [0.15, 0.2) is 48.7 Å². The van der Waals surface area contributed by atoms with Crippen LogP contribution in [-0.2, 0) is 6.54 Å². The van der Waals surface area contributed by atoms with E-state index in [4.69, 9.17) is 4.98 Å². The maximum absolute atomic E-state index is 13.0. The fraction of sp³-hybridized carbons (Fsp3) is 0.423. The minimum atomic E-state index is -0.0145. The Bertz CT molecular complexity index is 1090. The van der Waals surface area contributed by atoms with Crippen LogP contribution in [0.4, 0.5) is 5.82 Å². The van der Waals surface area contributed by atoms with Gasteiger partial charge in [-0.1, -0.05) is 38.1 Å². The molecule has 2 aromatic heterocycles. The zero-order valence-electron chi connectivity index (χ0n) is 19.5. The molecular formula is C26H33N5O. The van der Waals surface area contributed by atoms with Crippen molar-refractivity contribution in [2.75, 3.05) is 38.6 Å². The van der Waals surface area contributed by atoms with Gasteiger partial charge in [0.1, 0.15) is 5.82 Å². The van der Waals surface area contributed by atoms with Gasteiger partial charge >= 0.3 is 0 Å². The average molecular weight is 432 g/mol. The number of carbonyl (C=O) groups excluding carboxylic acids is 1. The Morgan fingerprint density at radius 2 is 2.03 bits per heavy atom. The Labute approximate surface area is 190 Å². The van der Waals surface area contributed by atoms with Crippen molar-refractivity contribution in [1.29, 1.82) is 0 Å². The van der Waals surface area contributed by atoms with Gasteiger partial charge in [0, 0.05) is 62.5 Å². The number of fused-ring (bicyclic) bond motifs is 1. The molecule has 0 unspecified atom stereocenters. The van der Waals surface area contributed by atoms with Crippen LogP contribution in [0.3, 0.4) is 0 Å². The Morgan fingerprint density at radius 3 is 2.81 bits per heavy atom. The average Bonchev–Trinajstić information content (AvgIpc) is 3.25. The van der Waals surface area contributed by atoms with Crippen LogP contribution in [0.5, 0.6) is 0 Å².